The number of hydrogen-bond donors (Lipinski definition) is 0. The summed E-state index contributed by atoms with van der Waals surface area (Å²) in [6.07, 6.45) is 0. The van der Waals surface area contributed by atoms with Crippen LogP contribution in [0.5, 0.6) is 0 Å². The van der Waals surface area contributed by atoms with E-state index in [1.807, 2.05) is 30.3 Å². The summed E-state index contributed by atoms with van der Waals surface area (Å²) in [5.74, 6) is 0.832. The lowest BCUT2D eigenvalue weighted by atomic mass is 10.0. The predicted molar refractivity (Wildman–Crippen MR) is 175 cm³/mol. The van der Waals surface area contributed by atoms with Gasteiger partial charge < -0.3 is 4.42 Å². The highest BCUT2D eigenvalue weighted by Gasteiger charge is 2.18. The van der Waals surface area contributed by atoms with Crippen molar-refractivity contribution >= 4 is 50.0 Å². The molecule has 3 heteroatoms. The van der Waals surface area contributed by atoms with Crippen molar-refractivity contribution in [2.24, 2.45) is 0 Å². The molecular weight excluding hydrogens is 512 g/mol. The van der Waals surface area contributed by atoms with Crippen LogP contribution in [0, 0.1) is 0 Å². The number of furan rings is 1. The first-order valence-corrected chi connectivity index (χ1v) is 14.1. The van der Waals surface area contributed by atoms with Gasteiger partial charge in [0.25, 0.3) is 0 Å². The van der Waals surface area contributed by atoms with Gasteiger partial charge in [-0.1, -0.05) is 115 Å². The standard InChI is InChI=1S/C39H26N2O/c1-3-9-27(10-4-1)29-15-20-32(21-16-29)41(33-22-17-30(18-23-33)28-11-5-2-6-12-28)37-26-25-36-39(40-37)38-34-14-8-7-13-31(34)19-24-35(38)42-36/h1-26H. The molecule has 0 saturated heterocycles. The molecule has 198 valence electrons. The Morgan fingerprint density at radius 3 is 1.57 bits per heavy atom. The Hall–Kier alpha value is -5.67. The second-order valence-electron chi connectivity index (χ2n) is 10.4. The molecule has 8 rings (SSSR count). The minimum absolute atomic E-state index is 0.781. The molecule has 0 fully saturated rings. The fourth-order valence-corrected chi connectivity index (χ4v) is 5.80. The van der Waals surface area contributed by atoms with Crippen LogP contribution in [0.1, 0.15) is 0 Å². The van der Waals surface area contributed by atoms with Crippen LogP contribution >= 0.6 is 0 Å². The molecule has 0 atom stereocenters. The number of hydrogen-bond acceptors (Lipinski definition) is 3. The molecule has 2 heterocycles. The van der Waals surface area contributed by atoms with Crippen molar-refractivity contribution in [3.8, 4) is 22.3 Å². The van der Waals surface area contributed by atoms with Gasteiger partial charge in [-0.05, 0) is 75.5 Å². The molecule has 0 saturated carbocycles. The van der Waals surface area contributed by atoms with E-state index in [0.717, 1.165) is 44.6 Å². The van der Waals surface area contributed by atoms with Gasteiger partial charge in [-0.15, -0.1) is 0 Å². The van der Waals surface area contributed by atoms with E-state index in [9.17, 15) is 0 Å². The van der Waals surface area contributed by atoms with Gasteiger partial charge in [0.05, 0.1) is 5.39 Å². The summed E-state index contributed by atoms with van der Waals surface area (Å²) in [6.45, 7) is 0. The van der Waals surface area contributed by atoms with E-state index in [2.05, 4.69) is 132 Å². The molecular formula is C39H26N2O. The molecule has 0 bridgehead atoms. The Labute approximate surface area is 243 Å². The van der Waals surface area contributed by atoms with Crippen LogP contribution < -0.4 is 4.90 Å². The summed E-state index contributed by atoms with van der Waals surface area (Å²) >= 11 is 0. The van der Waals surface area contributed by atoms with Crippen molar-refractivity contribution in [3.05, 3.63) is 158 Å². The molecule has 42 heavy (non-hydrogen) atoms. The zero-order valence-electron chi connectivity index (χ0n) is 22.8. The molecule has 0 unspecified atom stereocenters. The van der Waals surface area contributed by atoms with E-state index in [0.29, 0.717) is 0 Å². The van der Waals surface area contributed by atoms with Gasteiger partial charge in [0.1, 0.15) is 16.9 Å². The fourth-order valence-electron chi connectivity index (χ4n) is 5.80. The largest absolute Gasteiger partial charge is 0.454 e. The van der Waals surface area contributed by atoms with Crippen molar-refractivity contribution in [3.63, 3.8) is 0 Å². The van der Waals surface area contributed by atoms with Gasteiger partial charge in [-0.25, -0.2) is 4.98 Å². The monoisotopic (exact) mass is 538 g/mol. The van der Waals surface area contributed by atoms with Crippen LogP contribution in [0.3, 0.4) is 0 Å². The Bertz CT molecular complexity index is 2080. The Morgan fingerprint density at radius 2 is 0.952 bits per heavy atom. The molecule has 3 nitrogen and oxygen atoms in total. The van der Waals surface area contributed by atoms with Crippen molar-refractivity contribution in [1.29, 1.82) is 0 Å². The summed E-state index contributed by atoms with van der Waals surface area (Å²) in [7, 11) is 0. The molecule has 6 aromatic carbocycles. The average Bonchev–Trinajstić information content (AvgIpc) is 3.45. The van der Waals surface area contributed by atoms with Crippen molar-refractivity contribution in [2.75, 3.05) is 4.90 Å². The number of nitrogens with zero attached hydrogens (tertiary/aromatic N) is 2. The van der Waals surface area contributed by atoms with Crippen molar-refractivity contribution in [1.82, 2.24) is 4.98 Å². The highest BCUT2D eigenvalue weighted by molar-refractivity contribution is 6.17. The molecule has 0 aliphatic heterocycles. The summed E-state index contributed by atoms with van der Waals surface area (Å²) < 4.78 is 6.26. The first kappa shape index (κ1) is 24.2. The third-order valence-corrected chi connectivity index (χ3v) is 7.89. The second kappa shape index (κ2) is 10.1. The molecule has 0 radical (unpaired) electrons. The van der Waals surface area contributed by atoms with Crippen LogP contribution in [0.25, 0.3) is 55.1 Å². The molecule has 0 aliphatic carbocycles. The lowest BCUT2D eigenvalue weighted by Gasteiger charge is -2.25. The van der Waals surface area contributed by atoms with Gasteiger partial charge in [-0.2, -0.15) is 0 Å². The summed E-state index contributed by atoms with van der Waals surface area (Å²) in [4.78, 5) is 7.48. The highest BCUT2D eigenvalue weighted by atomic mass is 16.3. The maximum atomic E-state index is 6.26. The minimum Gasteiger partial charge on any atom is -0.454 e. The van der Waals surface area contributed by atoms with Crippen molar-refractivity contribution in [2.45, 2.75) is 0 Å². The number of benzene rings is 6. The zero-order chi connectivity index (χ0) is 27.9. The van der Waals surface area contributed by atoms with Crippen LogP contribution in [-0.4, -0.2) is 4.98 Å². The van der Waals surface area contributed by atoms with Gasteiger partial charge in [-0.3, -0.25) is 4.90 Å². The van der Waals surface area contributed by atoms with Gasteiger partial charge >= 0.3 is 0 Å². The molecule has 0 N–H and O–H groups in total. The number of rotatable bonds is 5. The van der Waals surface area contributed by atoms with E-state index < -0.39 is 0 Å². The maximum absolute atomic E-state index is 6.26. The average molecular weight is 539 g/mol. The SMILES string of the molecule is c1ccc(-c2ccc(N(c3ccc(-c4ccccc4)cc3)c3ccc4oc5ccc6ccccc6c5c4n3)cc2)cc1. The molecule has 0 aliphatic rings. The summed E-state index contributed by atoms with van der Waals surface area (Å²) in [5, 5.41) is 3.36. The topological polar surface area (TPSA) is 29.3 Å². The lowest BCUT2D eigenvalue weighted by molar-refractivity contribution is 0.668. The van der Waals surface area contributed by atoms with Crippen LogP contribution in [0.15, 0.2) is 162 Å². The highest BCUT2D eigenvalue weighted by Crippen LogP contribution is 2.39. The van der Waals surface area contributed by atoms with E-state index >= 15 is 0 Å². The number of pyridine rings is 1. The Balaban J connectivity index is 1.29. The van der Waals surface area contributed by atoms with E-state index in [1.165, 1.54) is 27.6 Å². The summed E-state index contributed by atoms with van der Waals surface area (Å²) in [6, 6.07) is 54.9. The normalized spacial score (nSPS) is 11.3. The van der Waals surface area contributed by atoms with Gasteiger partial charge in [0.15, 0.2) is 5.58 Å². The van der Waals surface area contributed by atoms with Crippen LogP contribution in [0.4, 0.5) is 17.2 Å². The molecule has 0 amide bonds. The van der Waals surface area contributed by atoms with E-state index in [-0.39, 0.29) is 0 Å². The number of aromatic nitrogens is 1. The Kier molecular flexibility index (Phi) is 5.79. The van der Waals surface area contributed by atoms with Crippen LogP contribution in [-0.2, 0) is 0 Å². The number of anilines is 3. The second-order valence-corrected chi connectivity index (χ2v) is 10.4. The maximum Gasteiger partial charge on any atom is 0.154 e. The van der Waals surface area contributed by atoms with Crippen LogP contribution in [0.2, 0.25) is 0 Å². The molecule has 2 aromatic heterocycles. The van der Waals surface area contributed by atoms with E-state index in [1.54, 1.807) is 0 Å². The first-order chi connectivity index (χ1) is 20.8. The third-order valence-electron chi connectivity index (χ3n) is 7.89. The molecule has 8 aromatic rings. The molecule has 0 spiro atoms. The van der Waals surface area contributed by atoms with Crippen molar-refractivity contribution < 1.29 is 4.42 Å². The number of fused-ring (bicyclic) bond motifs is 5. The first-order valence-electron chi connectivity index (χ1n) is 14.1. The Morgan fingerprint density at radius 1 is 0.429 bits per heavy atom. The predicted octanol–water partition coefficient (Wildman–Crippen LogP) is 10.9. The van der Waals surface area contributed by atoms with Gasteiger partial charge in [0.2, 0.25) is 0 Å². The quantitative estimate of drug-likeness (QED) is 0.218. The summed E-state index contributed by atoms with van der Waals surface area (Å²) in [5.41, 5.74) is 9.30. The third kappa shape index (κ3) is 4.20. The van der Waals surface area contributed by atoms with Gasteiger partial charge in [0, 0.05) is 11.4 Å². The van der Waals surface area contributed by atoms with E-state index in [4.69, 9.17) is 9.40 Å². The minimum atomic E-state index is 0.781. The fraction of sp³-hybridized carbons (Fsp3) is 0. The lowest BCUT2D eigenvalue weighted by Crippen LogP contribution is -2.11. The smallest absolute Gasteiger partial charge is 0.154 e. The zero-order valence-corrected chi connectivity index (χ0v) is 22.8.